The topological polar surface area (TPSA) is 32.6 Å². The highest BCUT2D eigenvalue weighted by atomic mass is 35.5. The summed E-state index contributed by atoms with van der Waals surface area (Å²) in [5.41, 5.74) is 6.63. The van der Waals surface area contributed by atoms with Gasteiger partial charge in [-0.1, -0.05) is 48.0 Å². The van der Waals surface area contributed by atoms with E-state index < -0.39 is 0 Å². The van der Waals surface area contributed by atoms with Gasteiger partial charge in [0.15, 0.2) is 0 Å². The van der Waals surface area contributed by atoms with Crippen LogP contribution in [0.3, 0.4) is 0 Å². The third-order valence-electron chi connectivity index (χ3n) is 4.16. The fourth-order valence-electron chi connectivity index (χ4n) is 3.03. The molecule has 1 aliphatic carbocycles. The minimum atomic E-state index is 0.175. The van der Waals surface area contributed by atoms with Crippen LogP contribution in [-0.2, 0) is 6.42 Å². The van der Waals surface area contributed by atoms with Crippen LogP contribution >= 0.6 is 11.6 Å². The van der Waals surface area contributed by atoms with E-state index in [0.29, 0.717) is 10.6 Å². The number of benzene rings is 3. The second-order valence-electron chi connectivity index (χ2n) is 5.60. The molecule has 0 bridgehead atoms. The molecule has 1 aliphatic rings. The summed E-state index contributed by atoms with van der Waals surface area (Å²) in [5, 5.41) is 10.5. The predicted molar refractivity (Wildman–Crippen MR) is 95.1 cm³/mol. The summed E-state index contributed by atoms with van der Waals surface area (Å²) in [5.74, 6) is 0.175. The van der Waals surface area contributed by atoms with Gasteiger partial charge in [-0.05, 0) is 46.5 Å². The predicted octanol–water partition coefficient (Wildman–Crippen LogP) is 5.37. The quantitative estimate of drug-likeness (QED) is 0.495. The van der Waals surface area contributed by atoms with E-state index in [4.69, 9.17) is 11.6 Å². The van der Waals surface area contributed by atoms with Crippen molar-refractivity contribution in [3.8, 4) is 16.9 Å². The molecule has 0 aliphatic heterocycles. The fraction of sp³-hybridized carbons (Fsp3) is 0.0500. The molecule has 3 aromatic carbocycles. The summed E-state index contributed by atoms with van der Waals surface area (Å²) in [6, 6.07) is 19.5. The lowest BCUT2D eigenvalue weighted by Gasteiger charge is -2.04. The van der Waals surface area contributed by atoms with Crippen LogP contribution in [0.25, 0.3) is 11.1 Å². The number of fused-ring (bicyclic) bond motifs is 3. The molecule has 3 aromatic rings. The summed E-state index contributed by atoms with van der Waals surface area (Å²) >= 11 is 5.98. The van der Waals surface area contributed by atoms with Gasteiger partial charge < -0.3 is 5.11 Å². The summed E-state index contributed by atoms with van der Waals surface area (Å²) < 4.78 is 0. The molecule has 112 valence electrons. The highest BCUT2D eigenvalue weighted by Crippen LogP contribution is 2.41. The van der Waals surface area contributed by atoms with Gasteiger partial charge in [-0.2, -0.15) is 0 Å². The molecule has 1 N–H and O–H groups in total. The third kappa shape index (κ3) is 2.51. The van der Waals surface area contributed by atoms with Crippen LogP contribution in [0.15, 0.2) is 65.7 Å². The van der Waals surface area contributed by atoms with Gasteiger partial charge >= 0.3 is 0 Å². The van der Waals surface area contributed by atoms with E-state index >= 15 is 0 Å². The highest BCUT2D eigenvalue weighted by molar-refractivity contribution is 6.30. The number of phenols is 1. The summed E-state index contributed by atoms with van der Waals surface area (Å²) in [7, 11) is 0. The minimum absolute atomic E-state index is 0.175. The maximum absolute atomic E-state index is 9.90. The Morgan fingerprint density at radius 3 is 2.70 bits per heavy atom. The van der Waals surface area contributed by atoms with Gasteiger partial charge in [0, 0.05) is 23.2 Å². The smallest absolute Gasteiger partial charge is 0.124 e. The first-order valence-corrected chi connectivity index (χ1v) is 7.83. The minimum Gasteiger partial charge on any atom is -0.507 e. The van der Waals surface area contributed by atoms with E-state index in [0.717, 1.165) is 12.1 Å². The molecule has 0 spiro atoms. The first-order valence-electron chi connectivity index (χ1n) is 7.45. The molecule has 0 saturated heterocycles. The molecular formula is C20H14ClNO. The lowest BCUT2D eigenvalue weighted by molar-refractivity contribution is 0.474. The Morgan fingerprint density at radius 2 is 1.78 bits per heavy atom. The van der Waals surface area contributed by atoms with E-state index in [-0.39, 0.29) is 5.75 Å². The molecule has 3 heteroatoms. The van der Waals surface area contributed by atoms with Crippen molar-refractivity contribution in [2.45, 2.75) is 6.42 Å². The number of hydrogen-bond donors (Lipinski definition) is 1. The van der Waals surface area contributed by atoms with Crippen molar-refractivity contribution >= 4 is 23.5 Å². The van der Waals surface area contributed by atoms with Crippen LogP contribution < -0.4 is 0 Å². The average Bonchev–Trinajstić information content (AvgIpc) is 2.95. The van der Waals surface area contributed by atoms with Crippen LogP contribution in [0.1, 0.15) is 16.7 Å². The van der Waals surface area contributed by atoms with E-state index in [1.165, 1.54) is 22.3 Å². The van der Waals surface area contributed by atoms with Crippen LogP contribution in [0.5, 0.6) is 5.75 Å². The average molecular weight is 320 g/mol. The Kier molecular flexibility index (Phi) is 3.40. The SMILES string of the molecule is Oc1ccc(Cl)cc1C=Nc1cccc2c1Cc1ccccc1-2. The van der Waals surface area contributed by atoms with Gasteiger partial charge in [-0.15, -0.1) is 0 Å². The molecule has 0 heterocycles. The van der Waals surface area contributed by atoms with Gasteiger partial charge in [-0.3, -0.25) is 4.99 Å². The lowest BCUT2D eigenvalue weighted by atomic mass is 10.1. The zero-order valence-corrected chi connectivity index (χ0v) is 13.1. The van der Waals surface area contributed by atoms with Crippen LogP contribution in [0.4, 0.5) is 5.69 Å². The van der Waals surface area contributed by atoms with Gasteiger partial charge in [0.05, 0.1) is 5.69 Å². The third-order valence-corrected chi connectivity index (χ3v) is 4.39. The number of halogens is 1. The lowest BCUT2D eigenvalue weighted by Crippen LogP contribution is -1.85. The first-order chi connectivity index (χ1) is 11.2. The first kappa shape index (κ1) is 14.0. The van der Waals surface area contributed by atoms with Crippen molar-refractivity contribution in [3.05, 3.63) is 82.4 Å². The van der Waals surface area contributed by atoms with Crippen molar-refractivity contribution in [3.63, 3.8) is 0 Å². The monoisotopic (exact) mass is 319 g/mol. The summed E-state index contributed by atoms with van der Waals surface area (Å²) in [6.07, 6.45) is 2.56. The van der Waals surface area contributed by atoms with Crippen molar-refractivity contribution in [2.24, 2.45) is 4.99 Å². The normalized spacial score (nSPS) is 12.4. The number of aliphatic imine (C=N–C) groups is 1. The Bertz CT molecular complexity index is 931. The second-order valence-corrected chi connectivity index (χ2v) is 6.03. The van der Waals surface area contributed by atoms with E-state index in [9.17, 15) is 5.11 Å². The Morgan fingerprint density at radius 1 is 0.957 bits per heavy atom. The molecule has 0 aromatic heterocycles. The molecule has 0 atom stereocenters. The second kappa shape index (κ2) is 5.56. The van der Waals surface area contributed by atoms with Gasteiger partial charge in [0.1, 0.15) is 5.75 Å². The number of nitrogens with zero attached hydrogens (tertiary/aromatic N) is 1. The molecule has 0 fully saturated rings. The van der Waals surface area contributed by atoms with Gasteiger partial charge in [0.25, 0.3) is 0 Å². The van der Waals surface area contributed by atoms with E-state index in [2.05, 4.69) is 35.3 Å². The molecule has 0 unspecified atom stereocenters. The van der Waals surface area contributed by atoms with Gasteiger partial charge in [0.2, 0.25) is 0 Å². The van der Waals surface area contributed by atoms with Crippen molar-refractivity contribution in [2.75, 3.05) is 0 Å². The van der Waals surface area contributed by atoms with Crippen molar-refractivity contribution in [1.82, 2.24) is 0 Å². The zero-order valence-electron chi connectivity index (χ0n) is 12.3. The molecule has 0 amide bonds. The number of rotatable bonds is 2. The Labute approximate surface area is 139 Å². The van der Waals surface area contributed by atoms with Crippen LogP contribution in [0, 0.1) is 0 Å². The molecule has 0 radical (unpaired) electrons. The fourth-order valence-corrected chi connectivity index (χ4v) is 3.21. The Hall–Kier alpha value is -2.58. The molecule has 4 rings (SSSR count). The van der Waals surface area contributed by atoms with Crippen LogP contribution in [0.2, 0.25) is 5.02 Å². The number of hydrogen-bond acceptors (Lipinski definition) is 2. The van der Waals surface area contributed by atoms with Crippen molar-refractivity contribution < 1.29 is 5.11 Å². The Balaban J connectivity index is 1.75. The molecule has 2 nitrogen and oxygen atoms in total. The number of aromatic hydroxyl groups is 1. The largest absolute Gasteiger partial charge is 0.507 e. The van der Waals surface area contributed by atoms with Crippen molar-refractivity contribution in [1.29, 1.82) is 0 Å². The summed E-state index contributed by atoms with van der Waals surface area (Å²) in [4.78, 5) is 4.59. The molecule has 23 heavy (non-hydrogen) atoms. The van der Waals surface area contributed by atoms with Gasteiger partial charge in [-0.25, -0.2) is 0 Å². The van der Waals surface area contributed by atoms with E-state index in [1.54, 1.807) is 24.4 Å². The number of phenolic OH excluding ortho intramolecular Hbond substituents is 1. The van der Waals surface area contributed by atoms with Crippen LogP contribution in [-0.4, -0.2) is 11.3 Å². The summed E-state index contributed by atoms with van der Waals surface area (Å²) in [6.45, 7) is 0. The van der Waals surface area contributed by atoms with E-state index in [1.807, 2.05) is 12.1 Å². The zero-order chi connectivity index (χ0) is 15.8. The molecular weight excluding hydrogens is 306 g/mol. The highest BCUT2D eigenvalue weighted by Gasteiger charge is 2.19. The molecule has 0 saturated carbocycles. The maximum atomic E-state index is 9.90. The standard InChI is InChI=1S/C20H14ClNO/c21-15-8-9-20(23)14(10-15)12-22-19-7-3-6-17-16-5-2-1-4-13(16)11-18(17)19/h1-10,12,23H,11H2. The maximum Gasteiger partial charge on any atom is 0.124 e.